The molecule has 1 amide bonds. The first kappa shape index (κ1) is 24.1. The van der Waals surface area contributed by atoms with Gasteiger partial charge in [-0.15, -0.1) is 0 Å². The van der Waals surface area contributed by atoms with Gasteiger partial charge in [0.15, 0.2) is 11.5 Å². The molecule has 9 nitrogen and oxygen atoms in total. The van der Waals surface area contributed by atoms with Crippen LogP contribution in [0.3, 0.4) is 0 Å². The maximum Gasteiger partial charge on any atom is 0.227 e. The summed E-state index contributed by atoms with van der Waals surface area (Å²) in [6, 6.07) is 10.2. The maximum atomic E-state index is 13.5. The number of pyridine rings is 3. The van der Waals surface area contributed by atoms with Gasteiger partial charge < -0.3 is 10.3 Å². The molecule has 0 bridgehead atoms. The highest BCUT2D eigenvalue weighted by atomic mass is 19.1. The molecule has 5 heterocycles. The van der Waals surface area contributed by atoms with Crippen molar-refractivity contribution in [3.8, 4) is 33.8 Å². The summed E-state index contributed by atoms with van der Waals surface area (Å²) in [6.07, 6.45) is 13.9. The minimum absolute atomic E-state index is 0.0590. The molecule has 1 saturated carbocycles. The van der Waals surface area contributed by atoms with Gasteiger partial charge in [0.25, 0.3) is 0 Å². The number of rotatable bonds is 5. The number of imidazole rings is 1. The van der Waals surface area contributed by atoms with Crippen molar-refractivity contribution in [2.75, 3.05) is 5.32 Å². The van der Waals surface area contributed by atoms with Crippen molar-refractivity contribution < 1.29 is 9.18 Å². The number of anilines is 1. The number of nitrogens with zero attached hydrogens (tertiary/aromatic N) is 5. The first-order chi connectivity index (χ1) is 19.6. The lowest BCUT2D eigenvalue weighted by Gasteiger charge is -2.20. The molecule has 1 aromatic carbocycles. The molecule has 5 aromatic heterocycles. The van der Waals surface area contributed by atoms with E-state index in [-0.39, 0.29) is 17.6 Å². The molecule has 6 aromatic rings. The van der Waals surface area contributed by atoms with Gasteiger partial charge >= 0.3 is 0 Å². The van der Waals surface area contributed by atoms with E-state index in [1.807, 2.05) is 12.1 Å². The van der Waals surface area contributed by atoms with Gasteiger partial charge in [-0.2, -0.15) is 5.10 Å². The minimum atomic E-state index is -0.301. The van der Waals surface area contributed by atoms with Crippen LogP contribution in [0.2, 0.25) is 0 Å². The van der Waals surface area contributed by atoms with E-state index < -0.39 is 0 Å². The number of aromatic amines is 2. The molecule has 7 rings (SSSR count). The van der Waals surface area contributed by atoms with Gasteiger partial charge in [0, 0.05) is 41.2 Å². The summed E-state index contributed by atoms with van der Waals surface area (Å²) in [5.74, 6) is 0.378. The largest absolute Gasteiger partial charge is 0.335 e. The lowest BCUT2D eigenvalue weighted by Crippen LogP contribution is -2.24. The Morgan fingerprint density at radius 2 is 1.70 bits per heavy atom. The molecule has 0 radical (unpaired) electrons. The topological polar surface area (TPSA) is 125 Å². The molecule has 0 aliphatic heterocycles. The number of hydrogen-bond donors (Lipinski definition) is 3. The highest BCUT2D eigenvalue weighted by Crippen LogP contribution is 2.32. The Bertz CT molecular complexity index is 1850. The highest BCUT2D eigenvalue weighted by Gasteiger charge is 2.21. The van der Waals surface area contributed by atoms with Crippen LogP contribution in [-0.2, 0) is 4.79 Å². The first-order valence-corrected chi connectivity index (χ1v) is 13.3. The van der Waals surface area contributed by atoms with E-state index in [4.69, 9.17) is 4.98 Å². The second-order valence-electron chi connectivity index (χ2n) is 10.2. The SMILES string of the molecule is O=C(Nc1cncc(-c2cnc3[nH]nc(-c4nc5c(-c6ccc(F)cc6)cncc5[nH]4)c3c2)c1)C1CCCCC1. The average Bonchev–Trinajstić information content (AvgIpc) is 3.62. The molecule has 0 atom stereocenters. The standard InChI is InChI=1S/C30H25FN8O/c31-21-8-6-17(7-9-21)24-15-33-16-25-26(24)37-29(36-25)27-23-11-20(13-34-28(23)39-38-27)19-10-22(14-32-12-19)35-30(40)18-4-2-1-3-5-18/h6-16,18H,1-5H2,(H,35,40)(H,36,37)(H,34,38,39). The number of aromatic nitrogens is 7. The Balaban J connectivity index is 1.22. The van der Waals surface area contributed by atoms with Gasteiger partial charge in [0.1, 0.15) is 11.5 Å². The van der Waals surface area contributed by atoms with Crippen molar-refractivity contribution in [3.63, 3.8) is 0 Å². The van der Waals surface area contributed by atoms with Crippen LogP contribution >= 0.6 is 0 Å². The Kier molecular flexibility index (Phi) is 5.99. The van der Waals surface area contributed by atoms with E-state index in [0.29, 0.717) is 28.4 Å². The lowest BCUT2D eigenvalue weighted by molar-refractivity contribution is -0.120. The molecular formula is C30H25FN8O. The van der Waals surface area contributed by atoms with Crippen LogP contribution in [-0.4, -0.2) is 41.0 Å². The second-order valence-corrected chi connectivity index (χ2v) is 10.2. The third-order valence-electron chi connectivity index (χ3n) is 7.51. The number of amides is 1. The number of nitrogens with one attached hydrogen (secondary N) is 3. The normalized spacial score (nSPS) is 14.1. The monoisotopic (exact) mass is 532 g/mol. The summed E-state index contributed by atoms with van der Waals surface area (Å²) < 4.78 is 13.5. The third kappa shape index (κ3) is 4.47. The van der Waals surface area contributed by atoms with Crippen LogP contribution in [0.4, 0.5) is 10.1 Å². The molecule has 10 heteroatoms. The number of halogens is 1. The van der Waals surface area contributed by atoms with Crippen LogP contribution < -0.4 is 5.32 Å². The second kappa shape index (κ2) is 9.96. The van der Waals surface area contributed by atoms with Gasteiger partial charge in [0.2, 0.25) is 5.91 Å². The summed E-state index contributed by atoms with van der Waals surface area (Å²) in [5, 5.41) is 11.3. The smallest absolute Gasteiger partial charge is 0.227 e. The number of carbonyl (C=O) groups is 1. The van der Waals surface area contributed by atoms with E-state index in [0.717, 1.165) is 58.8 Å². The van der Waals surface area contributed by atoms with E-state index >= 15 is 0 Å². The predicted octanol–water partition coefficient (Wildman–Crippen LogP) is 6.28. The third-order valence-corrected chi connectivity index (χ3v) is 7.51. The molecule has 198 valence electrons. The van der Waals surface area contributed by atoms with Crippen LogP contribution in [0.1, 0.15) is 32.1 Å². The zero-order valence-electron chi connectivity index (χ0n) is 21.5. The van der Waals surface area contributed by atoms with Crippen LogP contribution in [0.25, 0.3) is 55.8 Å². The van der Waals surface area contributed by atoms with Crippen molar-refractivity contribution in [3.05, 3.63) is 73.2 Å². The Morgan fingerprint density at radius 3 is 2.55 bits per heavy atom. The van der Waals surface area contributed by atoms with E-state index in [9.17, 15) is 9.18 Å². The summed E-state index contributed by atoms with van der Waals surface area (Å²) in [4.78, 5) is 34.2. The van der Waals surface area contributed by atoms with Crippen molar-refractivity contribution in [2.24, 2.45) is 5.92 Å². The van der Waals surface area contributed by atoms with Crippen molar-refractivity contribution >= 4 is 33.7 Å². The Labute approximate surface area is 228 Å². The van der Waals surface area contributed by atoms with Gasteiger partial charge in [0.05, 0.1) is 34.5 Å². The molecule has 0 saturated heterocycles. The highest BCUT2D eigenvalue weighted by molar-refractivity contribution is 5.97. The van der Waals surface area contributed by atoms with Crippen LogP contribution in [0, 0.1) is 11.7 Å². The number of fused-ring (bicyclic) bond motifs is 2. The molecule has 3 N–H and O–H groups in total. The van der Waals surface area contributed by atoms with Gasteiger partial charge in [-0.1, -0.05) is 31.4 Å². The molecule has 1 aliphatic rings. The molecule has 0 spiro atoms. The maximum absolute atomic E-state index is 13.5. The number of carbonyl (C=O) groups excluding carboxylic acids is 1. The minimum Gasteiger partial charge on any atom is -0.335 e. The van der Waals surface area contributed by atoms with E-state index in [1.54, 1.807) is 43.1 Å². The molecule has 0 unspecified atom stereocenters. The van der Waals surface area contributed by atoms with Crippen LogP contribution in [0.15, 0.2) is 67.4 Å². The van der Waals surface area contributed by atoms with Gasteiger partial charge in [-0.25, -0.2) is 14.4 Å². The van der Waals surface area contributed by atoms with Gasteiger partial charge in [-0.3, -0.25) is 19.9 Å². The summed E-state index contributed by atoms with van der Waals surface area (Å²) in [6.45, 7) is 0. The molecule has 1 aliphatic carbocycles. The Morgan fingerprint density at radius 1 is 0.900 bits per heavy atom. The van der Waals surface area contributed by atoms with Crippen molar-refractivity contribution in [1.29, 1.82) is 0 Å². The number of benzene rings is 1. The number of hydrogen-bond acceptors (Lipinski definition) is 6. The summed E-state index contributed by atoms with van der Waals surface area (Å²) in [5.41, 5.74) is 6.61. The fourth-order valence-corrected chi connectivity index (χ4v) is 5.40. The van der Waals surface area contributed by atoms with E-state index in [2.05, 4.69) is 35.5 Å². The fraction of sp³-hybridized carbons (Fsp3) is 0.200. The molecule has 1 fully saturated rings. The van der Waals surface area contributed by atoms with Crippen LogP contribution in [0.5, 0.6) is 0 Å². The van der Waals surface area contributed by atoms with Gasteiger partial charge in [-0.05, 0) is 42.7 Å². The number of H-pyrrole nitrogens is 2. The Hall–Kier alpha value is -4.99. The van der Waals surface area contributed by atoms with Crippen molar-refractivity contribution in [1.82, 2.24) is 35.1 Å². The van der Waals surface area contributed by atoms with E-state index in [1.165, 1.54) is 18.6 Å². The zero-order chi connectivity index (χ0) is 27.1. The molecule has 40 heavy (non-hydrogen) atoms. The lowest BCUT2D eigenvalue weighted by atomic mass is 9.88. The zero-order valence-corrected chi connectivity index (χ0v) is 21.5. The van der Waals surface area contributed by atoms with Crippen molar-refractivity contribution in [2.45, 2.75) is 32.1 Å². The quantitative estimate of drug-likeness (QED) is 0.240. The predicted molar refractivity (Wildman–Crippen MR) is 151 cm³/mol. The summed E-state index contributed by atoms with van der Waals surface area (Å²) in [7, 11) is 0. The summed E-state index contributed by atoms with van der Waals surface area (Å²) >= 11 is 0. The average molecular weight is 533 g/mol. The first-order valence-electron chi connectivity index (χ1n) is 13.3. The fourth-order valence-electron chi connectivity index (χ4n) is 5.40. The molecular weight excluding hydrogens is 507 g/mol.